The normalized spacial score (nSPS) is 13.8. The van der Waals surface area contributed by atoms with Crippen molar-refractivity contribution >= 4 is 17.5 Å². The summed E-state index contributed by atoms with van der Waals surface area (Å²) in [6, 6.07) is 4.29. The number of amides is 1. The lowest BCUT2D eigenvalue weighted by Crippen LogP contribution is -2.26. The van der Waals surface area contributed by atoms with Crippen LogP contribution in [0.15, 0.2) is 22.7 Å². The highest BCUT2D eigenvalue weighted by Crippen LogP contribution is 2.33. The molecule has 0 saturated heterocycles. The number of hydrogen-bond donors (Lipinski definition) is 1. The predicted molar refractivity (Wildman–Crippen MR) is 100 cm³/mol. The predicted octanol–water partition coefficient (Wildman–Crippen LogP) is 3.69. The van der Waals surface area contributed by atoms with Crippen molar-refractivity contribution < 1.29 is 13.7 Å². The first-order chi connectivity index (χ1) is 13.6. The van der Waals surface area contributed by atoms with E-state index in [1.54, 1.807) is 6.92 Å². The van der Waals surface area contributed by atoms with Crippen molar-refractivity contribution in [3.8, 4) is 11.3 Å². The molecule has 0 unspecified atom stereocenters. The number of carbonyl (C=O) groups excluding carboxylic acids is 1. The van der Waals surface area contributed by atoms with Gasteiger partial charge >= 0.3 is 0 Å². The summed E-state index contributed by atoms with van der Waals surface area (Å²) in [5.74, 6) is 0.926. The van der Waals surface area contributed by atoms with Gasteiger partial charge in [0.25, 0.3) is 5.91 Å². The van der Waals surface area contributed by atoms with Gasteiger partial charge in [0.2, 0.25) is 0 Å². The van der Waals surface area contributed by atoms with Crippen molar-refractivity contribution in [1.29, 1.82) is 0 Å². The number of benzene rings is 1. The van der Waals surface area contributed by atoms with Crippen molar-refractivity contribution in [2.45, 2.75) is 45.7 Å². The number of nitrogens with one attached hydrogen (secondary N) is 1. The van der Waals surface area contributed by atoms with Gasteiger partial charge in [0.15, 0.2) is 5.82 Å². The monoisotopic (exact) mass is 403 g/mol. The van der Waals surface area contributed by atoms with E-state index in [0.29, 0.717) is 5.82 Å². The summed E-state index contributed by atoms with van der Waals surface area (Å²) in [7, 11) is 0. The summed E-state index contributed by atoms with van der Waals surface area (Å²) in [5, 5.41) is 15.3. The van der Waals surface area contributed by atoms with Crippen LogP contribution >= 0.6 is 11.6 Å². The van der Waals surface area contributed by atoms with Crippen LogP contribution in [0.5, 0.6) is 0 Å². The molecule has 0 saturated carbocycles. The Kier molecular flexibility index (Phi) is 5.13. The summed E-state index contributed by atoms with van der Waals surface area (Å²) in [6.45, 7) is 2.65. The molecule has 7 nitrogen and oxygen atoms in total. The molecule has 1 aliphatic heterocycles. The number of fused-ring (bicyclic) bond motifs is 1. The van der Waals surface area contributed by atoms with Crippen LogP contribution in [0, 0.1) is 12.7 Å². The SMILES string of the molecule is Cc1onc(-c2c(F)cccc2Cl)c1C(=O)NCc1nnc2n1CCCCC2. The van der Waals surface area contributed by atoms with E-state index < -0.39 is 11.7 Å². The summed E-state index contributed by atoms with van der Waals surface area (Å²) < 4.78 is 21.5. The molecule has 9 heteroatoms. The molecule has 4 rings (SSSR count). The second-order valence-corrected chi connectivity index (χ2v) is 7.14. The topological polar surface area (TPSA) is 85.8 Å². The maximum atomic E-state index is 14.3. The molecule has 0 atom stereocenters. The van der Waals surface area contributed by atoms with Crippen LogP contribution < -0.4 is 5.32 Å². The molecular weight excluding hydrogens is 385 g/mol. The molecule has 3 aromatic rings. The highest BCUT2D eigenvalue weighted by molar-refractivity contribution is 6.33. The number of halogens is 2. The van der Waals surface area contributed by atoms with Crippen LogP contribution in [0.2, 0.25) is 5.02 Å². The van der Waals surface area contributed by atoms with E-state index in [1.165, 1.54) is 18.2 Å². The molecule has 1 aliphatic rings. The van der Waals surface area contributed by atoms with Crippen molar-refractivity contribution in [3.63, 3.8) is 0 Å². The molecule has 0 bridgehead atoms. The third kappa shape index (κ3) is 3.40. The molecule has 0 fully saturated rings. The summed E-state index contributed by atoms with van der Waals surface area (Å²) in [4.78, 5) is 12.8. The lowest BCUT2D eigenvalue weighted by Gasteiger charge is -2.09. The lowest BCUT2D eigenvalue weighted by atomic mass is 10.0. The van der Waals surface area contributed by atoms with Crippen LogP contribution in [0.25, 0.3) is 11.3 Å². The highest BCUT2D eigenvalue weighted by Gasteiger charge is 2.26. The van der Waals surface area contributed by atoms with E-state index in [9.17, 15) is 9.18 Å². The van der Waals surface area contributed by atoms with Gasteiger partial charge in [0.1, 0.15) is 28.7 Å². The summed E-state index contributed by atoms with van der Waals surface area (Å²) >= 11 is 6.13. The average molecular weight is 404 g/mol. The van der Waals surface area contributed by atoms with E-state index >= 15 is 0 Å². The Bertz CT molecular complexity index is 1010. The average Bonchev–Trinajstić information content (AvgIpc) is 3.14. The quantitative estimate of drug-likeness (QED) is 0.718. The van der Waals surface area contributed by atoms with E-state index in [-0.39, 0.29) is 34.1 Å². The van der Waals surface area contributed by atoms with Gasteiger partial charge in [-0.25, -0.2) is 4.39 Å². The van der Waals surface area contributed by atoms with Gasteiger partial charge in [-0.3, -0.25) is 4.79 Å². The Morgan fingerprint density at radius 2 is 2.18 bits per heavy atom. The molecule has 0 radical (unpaired) electrons. The Labute approximate surface area is 165 Å². The Morgan fingerprint density at radius 1 is 1.32 bits per heavy atom. The molecule has 0 spiro atoms. The third-order valence-electron chi connectivity index (χ3n) is 4.88. The van der Waals surface area contributed by atoms with Crippen LogP contribution in [0.4, 0.5) is 4.39 Å². The minimum absolute atomic E-state index is 0.0440. The van der Waals surface area contributed by atoms with Gasteiger partial charge in [-0.05, 0) is 31.9 Å². The molecular formula is C19H19ClFN5O2. The molecule has 0 aliphatic carbocycles. The van der Waals surface area contributed by atoms with E-state index in [1.807, 2.05) is 0 Å². The number of carbonyl (C=O) groups is 1. The van der Waals surface area contributed by atoms with Crippen molar-refractivity contribution in [1.82, 2.24) is 25.2 Å². The fourth-order valence-corrected chi connectivity index (χ4v) is 3.71. The van der Waals surface area contributed by atoms with Crippen LogP contribution in [-0.4, -0.2) is 25.8 Å². The van der Waals surface area contributed by atoms with Gasteiger partial charge in [-0.15, -0.1) is 10.2 Å². The first kappa shape index (κ1) is 18.6. The van der Waals surface area contributed by atoms with E-state index in [2.05, 4.69) is 25.2 Å². The Hall–Kier alpha value is -2.74. The molecule has 1 amide bonds. The number of aromatic nitrogens is 4. The van der Waals surface area contributed by atoms with Crippen molar-refractivity contribution in [3.05, 3.63) is 52.0 Å². The first-order valence-corrected chi connectivity index (χ1v) is 9.54. The second-order valence-electron chi connectivity index (χ2n) is 6.74. The zero-order valence-corrected chi connectivity index (χ0v) is 16.1. The van der Waals surface area contributed by atoms with Gasteiger partial charge in [-0.2, -0.15) is 0 Å². The summed E-state index contributed by atoms with van der Waals surface area (Å²) in [5.41, 5.74) is 0.281. The zero-order valence-electron chi connectivity index (χ0n) is 15.3. The maximum Gasteiger partial charge on any atom is 0.257 e. The molecule has 28 heavy (non-hydrogen) atoms. The van der Waals surface area contributed by atoms with Crippen molar-refractivity contribution in [2.24, 2.45) is 0 Å². The fraction of sp³-hybridized carbons (Fsp3) is 0.368. The zero-order chi connectivity index (χ0) is 19.7. The van der Waals surface area contributed by atoms with Crippen LogP contribution in [0.3, 0.4) is 0 Å². The third-order valence-corrected chi connectivity index (χ3v) is 5.20. The number of hydrogen-bond acceptors (Lipinski definition) is 5. The lowest BCUT2D eigenvalue weighted by molar-refractivity contribution is 0.0948. The molecule has 1 N–H and O–H groups in total. The molecule has 1 aromatic carbocycles. The molecule has 3 heterocycles. The van der Waals surface area contributed by atoms with Gasteiger partial charge in [-0.1, -0.05) is 29.2 Å². The first-order valence-electron chi connectivity index (χ1n) is 9.16. The minimum atomic E-state index is -0.572. The fourth-order valence-electron chi connectivity index (χ4n) is 3.46. The minimum Gasteiger partial charge on any atom is -0.360 e. The molecule has 2 aromatic heterocycles. The number of nitrogens with zero attached hydrogens (tertiary/aromatic N) is 4. The second kappa shape index (κ2) is 7.71. The number of aryl methyl sites for hydroxylation is 2. The van der Waals surface area contributed by atoms with E-state index in [4.69, 9.17) is 16.1 Å². The van der Waals surface area contributed by atoms with Gasteiger partial charge < -0.3 is 14.4 Å². The van der Waals surface area contributed by atoms with Crippen molar-refractivity contribution in [2.75, 3.05) is 0 Å². The standard InChI is InChI=1S/C19H19ClFN5O2/c1-11-16(18(25-28-11)17-12(20)6-5-7-13(17)21)19(27)22-10-15-24-23-14-8-3-2-4-9-26(14)15/h5-7H,2-4,8-10H2,1H3,(H,22,27). The Balaban J connectivity index is 1.59. The van der Waals surface area contributed by atoms with Crippen LogP contribution in [-0.2, 0) is 19.5 Å². The Morgan fingerprint density at radius 3 is 3.00 bits per heavy atom. The van der Waals surface area contributed by atoms with Crippen LogP contribution in [0.1, 0.15) is 47.0 Å². The molecule has 146 valence electrons. The number of rotatable bonds is 4. The summed E-state index contributed by atoms with van der Waals surface area (Å²) in [6.07, 6.45) is 4.20. The smallest absolute Gasteiger partial charge is 0.257 e. The van der Waals surface area contributed by atoms with Gasteiger partial charge in [0, 0.05) is 13.0 Å². The van der Waals surface area contributed by atoms with Gasteiger partial charge in [0.05, 0.1) is 17.1 Å². The van der Waals surface area contributed by atoms with E-state index in [0.717, 1.165) is 38.1 Å². The maximum absolute atomic E-state index is 14.3. The largest absolute Gasteiger partial charge is 0.360 e. The highest BCUT2D eigenvalue weighted by atomic mass is 35.5.